The minimum Gasteiger partial charge on any atom is -0.390 e. The van der Waals surface area contributed by atoms with Crippen LogP contribution in [0.25, 0.3) is 0 Å². The van der Waals surface area contributed by atoms with E-state index >= 15 is 0 Å². The van der Waals surface area contributed by atoms with Gasteiger partial charge in [0.1, 0.15) is 5.60 Å². The number of likely N-dealkylation sites (N-methyl/N-ethyl adjacent to an activating group) is 1. The van der Waals surface area contributed by atoms with E-state index in [4.69, 9.17) is 0 Å². The maximum Gasteiger partial charge on any atom is 0.234 e. The average Bonchev–Trinajstić information content (AvgIpc) is 3.20. The van der Waals surface area contributed by atoms with Crippen molar-refractivity contribution in [2.24, 2.45) is 0 Å². The largest absolute Gasteiger partial charge is 0.390 e. The summed E-state index contributed by atoms with van der Waals surface area (Å²) in [6, 6.07) is 11.8. The van der Waals surface area contributed by atoms with E-state index in [1.807, 2.05) is 25.1 Å². The second kappa shape index (κ2) is 9.17. The Balaban J connectivity index is 1.54. The Hall–Kier alpha value is -2.48. The first-order chi connectivity index (χ1) is 15.3. The van der Waals surface area contributed by atoms with Gasteiger partial charge in [0.25, 0.3) is 0 Å². The summed E-state index contributed by atoms with van der Waals surface area (Å²) in [5.41, 5.74) is 2.02. The number of benzene rings is 1. The number of hydrogen-bond donors (Lipinski definition) is 2. The molecule has 1 amide bonds. The van der Waals surface area contributed by atoms with Crippen molar-refractivity contribution in [3.05, 3.63) is 53.9 Å². The number of aliphatic hydroxyl groups excluding tert-OH is 1. The van der Waals surface area contributed by atoms with Crippen LogP contribution < -0.4 is 9.80 Å². The summed E-state index contributed by atoms with van der Waals surface area (Å²) in [4.78, 5) is 24.3. The number of anilines is 2. The Bertz CT molecular complexity index is 940. The summed E-state index contributed by atoms with van der Waals surface area (Å²) in [6.45, 7) is 7.98. The van der Waals surface area contributed by atoms with Gasteiger partial charge in [-0.15, -0.1) is 0 Å². The molecule has 2 aromatic rings. The first-order valence-corrected chi connectivity index (χ1v) is 11.6. The van der Waals surface area contributed by atoms with E-state index in [2.05, 4.69) is 34.0 Å². The second-order valence-electron chi connectivity index (χ2n) is 9.04. The molecule has 1 aromatic carbocycles. The van der Waals surface area contributed by atoms with Crippen molar-refractivity contribution in [3.63, 3.8) is 0 Å². The van der Waals surface area contributed by atoms with E-state index in [1.165, 1.54) is 5.69 Å². The van der Waals surface area contributed by atoms with Crippen LogP contribution >= 0.6 is 0 Å². The summed E-state index contributed by atoms with van der Waals surface area (Å²) in [5.74, 6) is -0.0852. The molecule has 0 spiro atoms. The molecule has 0 saturated carbocycles. The van der Waals surface area contributed by atoms with Gasteiger partial charge in [-0.25, -0.2) is 0 Å². The molecule has 2 N–H and O–H groups in total. The Morgan fingerprint density at radius 3 is 2.47 bits per heavy atom. The van der Waals surface area contributed by atoms with Gasteiger partial charge >= 0.3 is 0 Å². The molecule has 0 radical (unpaired) electrons. The third kappa shape index (κ3) is 4.12. The quantitative estimate of drug-likeness (QED) is 0.721. The fraction of sp³-hybridized carbons (Fsp3) is 0.520. The zero-order valence-corrected chi connectivity index (χ0v) is 19.2. The van der Waals surface area contributed by atoms with Crippen molar-refractivity contribution >= 4 is 17.3 Å². The lowest BCUT2D eigenvalue weighted by molar-refractivity contribution is -0.118. The molecule has 0 aliphatic carbocycles. The van der Waals surface area contributed by atoms with Crippen LogP contribution in [0.4, 0.5) is 11.4 Å². The number of rotatable bonds is 6. The fourth-order valence-electron chi connectivity index (χ4n) is 4.83. The maximum atomic E-state index is 13.4. The summed E-state index contributed by atoms with van der Waals surface area (Å²) in [5, 5.41) is 20.7. The normalized spacial score (nSPS) is 22.8. The maximum absolute atomic E-state index is 13.4. The molecule has 2 fully saturated rings. The zero-order chi connectivity index (χ0) is 22.9. The number of nitrogens with zero attached hydrogens (tertiary/aromatic N) is 4. The number of amides is 1. The van der Waals surface area contributed by atoms with E-state index < -0.39 is 11.7 Å². The van der Waals surface area contributed by atoms with Crippen molar-refractivity contribution in [1.82, 2.24) is 9.88 Å². The van der Waals surface area contributed by atoms with E-state index in [0.29, 0.717) is 18.7 Å². The highest BCUT2D eigenvalue weighted by Crippen LogP contribution is 2.37. The number of hydrogen-bond acceptors (Lipinski definition) is 6. The lowest BCUT2D eigenvalue weighted by atomic mass is 9.90. The minimum atomic E-state index is -1.39. The number of carbonyl (C=O) groups excluding carboxylic acids is 1. The van der Waals surface area contributed by atoms with Gasteiger partial charge in [-0.05, 0) is 50.6 Å². The Labute approximate surface area is 190 Å². The van der Waals surface area contributed by atoms with E-state index in [-0.39, 0.29) is 11.8 Å². The molecule has 3 heterocycles. The number of aliphatic hydroxyl groups is 2. The van der Waals surface area contributed by atoms with Crippen molar-refractivity contribution in [2.75, 3.05) is 49.6 Å². The van der Waals surface area contributed by atoms with Crippen LogP contribution in [-0.2, 0) is 10.4 Å². The molecule has 32 heavy (non-hydrogen) atoms. The molecule has 2 aliphatic heterocycles. The first-order valence-electron chi connectivity index (χ1n) is 11.6. The predicted octanol–water partition coefficient (Wildman–Crippen LogP) is 2.33. The van der Waals surface area contributed by atoms with Crippen LogP contribution in [0, 0.1) is 0 Å². The van der Waals surface area contributed by atoms with Crippen LogP contribution in [-0.4, -0.2) is 71.9 Å². The highest BCUT2D eigenvalue weighted by molar-refractivity contribution is 6.01. The van der Waals surface area contributed by atoms with Crippen LogP contribution in [0.1, 0.15) is 43.9 Å². The van der Waals surface area contributed by atoms with Crippen LogP contribution in [0.2, 0.25) is 0 Å². The van der Waals surface area contributed by atoms with Crippen molar-refractivity contribution in [1.29, 1.82) is 0 Å². The molecular formula is C25H34N4O3. The molecule has 2 aliphatic rings. The predicted molar refractivity (Wildman–Crippen MR) is 126 cm³/mol. The van der Waals surface area contributed by atoms with Gasteiger partial charge in [0.15, 0.2) is 0 Å². The van der Waals surface area contributed by atoms with Gasteiger partial charge in [-0.3, -0.25) is 9.78 Å². The molecule has 4 rings (SSSR count). The fourth-order valence-corrected chi connectivity index (χ4v) is 4.83. The molecule has 0 bridgehead atoms. The topological polar surface area (TPSA) is 80.1 Å². The molecule has 7 heteroatoms. The Morgan fingerprint density at radius 2 is 1.84 bits per heavy atom. The lowest BCUT2D eigenvalue weighted by Gasteiger charge is -2.35. The highest BCUT2D eigenvalue weighted by Gasteiger charge is 2.37. The monoisotopic (exact) mass is 438 g/mol. The number of para-hydroxylation sites is 1. The highest BCUT2D eigenvalue weighted by atomic mass is 16.3. The van der Waals surface area contributed by atoms with Crippen molar-refractivity contribution in [2.45, 2.75) is 44.3 Å². The molecule has 2 saturated heterocycles. The molecule has 2 unspecified atom stereocenters. The first kappa shape index (κ1) is 22.7. The van der Waals surface area contributed by atoms with Crippen LogP contribution in [0.15, 0.2) is 42.6 Å². The molecule has 7 nitrogen and oxygen atoms in total. The van der Waals surface area contributed by atoms with Crippen LogP contribution in [0.5, 0.6) is 0 Å². The van der Waals surface area contributed by atoms with Gasteiger partial charge in [0.2, 0.25) is 5.91 Å². The van der Waals surface area contributed by atoms with Gasteiger partial charge in [-0.2, -0.15) is 0 Å². The minimum absolute atomic E-state index is 0.0856. The second-order valence-corrected chi connectivity index (χ2v) is 9.04. The SMILES string of the molecule is CCC(O)(c1ccc(N2CCC(c3ccccc3N3CCN(C)CC3)C2=O)cn1)[C@H](C)O. The van der Waals surface area contributed by atoms with Crippen molar-refractivity contribution in [3.8, 4) is 0 Å². The van der Waals surface area contributed by atoms with E-state index in [0.717, 1.165) is 43.9 Å². The van der Waals surface area contributed by atoms with E-state index in [9.17, 15) is 15.0 Å². The third-order valence-electron chi connectivity index (χ3n) is 7.09. The summed E-state index contributed by atoms with van der Waals surface area (Å²) >= 11 is 0. The van der Waals surface area contributed by atoms with Gasteiger partial charge < -0.3 is 24.9 Å². The van der Waals surface area contributed by atoms with Gasteiger partial charge in [0.05, 0.1) is 29.6 Å². The van der Waals surface area contributed by atoms with Crippen molar-refractivity contribution < 1.29 is 15.0 Å². The molecular weight excluding hydrogens is 404 g/mol. The van der Waals surface area contributed by atoms with Crippen LogP contribution in [0.3, 0.4) is 0 Å². The van der Waals surface area contributed by atoms with Gasteiger partial charge in [-0.1, -0.05) is 25.1 Å². The Kier molecular flexibility index (Phi) is 6.51. The number of pyridine rings is 1. The summed E-state index contributed by atoms with van der Waals surface area (Å²) < 4.78 is 0. The third-order valence-corrected chi connectivity index (χ3v) is 7.09. The smallest absolute Gasteiger partial charge is 0.234 e. The summed E-state index contributed by atoms with van der Waals surface area (Å²) in [7, 11) is 2.14. The standard InChI is InChI=1S/C25H34N4O3/c1-4-25(32,18(2)30)23-10-9-19(17-26-23)29-12-11-21(24(29)31)20-7-5-6-8-22(20)28-15-13-27(3)14-16-28/h5-10,17-18,21,30,32H,4,11-16H2,1-3H3/t18-,21?,25?/m0/s1. The zero-order valence-electron chi connectivity index (χ0n) is 19.2. The van der Waals surface area contributed by atoms with Gasteiger partial charge in [0, 0.05) is 38.4 Å². The summed E-state index contributed by atoms with van der Waals surface area (Å²) in [6.07, 6.45) is 1.81. The number of aromatic nitrogens is 1. The molecule has 172 valence electrons. The lowest BCUT2D eigenvalue weighted by Crippen LogP contribution is -2.45. The Morgan fingerprint density at radius 1 is 1.12 bits per heavy atom. The molecule has 1 aromatic heterocycles. The van der Waals surface area contributed by atoms with E-state index in [1.54, 1.807) is 24.1 Å². The molecule has 3 atom stereocenters. The average molecular weight is 439 g/mol. The number of piperazine rings is 1. The number of carbonyl (C=O) groups is 1.